The molecule has 0 radical (unpaired) electrons. The number of aromatic nitrogens is 2. The van der Waals surface area contributed by atoms with Crippen molar-refractivity contribution in [2.75, 3.05) is 18.0 Å². The molecule has 31 heavy (non-hydrogen) atoms. The van der Waals surface area contributed by atoms with Crippen LogP contribution in [0.5, 0.6) is 0 Å². The summed E-state index contributed by atoms with van der Waals surface area (Å²) in [4.78, 5) is 11.9. The van der Waals surface area contributed by atoms with Gasteiger partial charge in [0.15, 0.2) is 0 Å². The highest BCUT2D eigenvalue weighted by molar-refractivity contribution is 7.18. The van der Waals surface area contributed by atoms with Crippen molar-refractivity contribution in [1.29, 1.82) is 0 Å². The summed E-state index contributed by atoms with van der Waals surface area (Å²) in [5.41, 5.74) is 4.10. The minimum Gasteiger partial charge on any atom is -0.356 e. The van der Waals surface area contributed by atoms with Crippen LogP contribution < -0.4 is 4.90 Å². The summed E-state index contributed by atoms with van der Waals surface area (Å²) in [5, 5.41) is 0.750. The monoisotopic (exact) mass is 447 g/mol. The topological polar surface area (TPSA) is 29.0 Å². The molecule has 7 heteroatoms. The van der Waals surface area contributed by atoms with Gasteiger partial charge in [-0.05, 0) is 69.1 Å². The van der Waals surface area contributed by atoms with Crippen LogP contribution >= 0.6 is 11.3 Å². The quantitative estimate of drug-likeness (QED) is 0.438. The third-order valence-corrected chi connectivity index (χ3v) is 7.24. The normalized spacial score (nSPS) is 17.8. The van der Waals surface area contributed by atoms with Gasteiger partial charge in [0.2, 0.25) is 0 Å². The van der Waals surface area contributed by atoms with E-state index in [1.807, 2.05) is 0 Å². The fourth-order valence-corrected chi connectivity index (χ4v) is 5.60. The molecule has 0 aliphatic carbocycles. The van der Waals surface area contributed by atoms with Crippen molar-refractivity contribution in [1.82, 2.24) is 9.97 Å². The van der Waals surface area contributed by atoms with Gasteiger partial charge in [0, 0.05) is 18.0 Å². The summed E-state index contributed by atoms with van der Waals surface area (Å²) in [6, 6.07) is 8.32. The number of halogens is 3. The van der Waals surface area contributed by atoms with Gasteiger partial charge in [0.1, 0.15) is 17.0 Å². The summed E-state index contributed by atoms with van der Waals surface area (Å²) in [6.45, 7) is 6.08. The van der Waals surface area contributed by atoms with Crippen LogP contribution in [-0.2, 0) is 12.8 Å². The number of nitrogens with zero attached hydrogens (tertiary/aromatic N) is 3. The molecule has 4 rings (SSSR count). The van der Waals surface area contributed by atoms with E-state index in [9.17, 15) is 13.2 Å². The Morgan fingerprint density at radius 2 is 1.94 bits per heavy atom. The van der Waals surface area contributed by atoms with E-state index in [-0.39, 0.29) is 0 Å². The third-order valence-electron chi connectivity index (χ3n) is 6.20. The molecule has 0 unspecified atom stereocenters. The Labute approximate surface area is 185 Å². The molecular formula is C24H28F3N3S. The van der Waals surface area contributed by atoms with Crippen molar-refractivity contribution in [3.8, 4) is 0 Å². The summed E-state index contributed by atoms with van der Waals surface area (Å²) >= 11 is 1.12. The minimum atomic E-state index is -4.21. The standard InChI is InChI=1S/C24H28F3N3S/c1-16-5-7-19(17(2)12-16)8-6-18-4-3-10-30(11-9-18)22-21-13-20(14-24(25,26)27)31-23(21)29-15-28-22/h5,7,12-13,15,18H,3-4,6,8-11,14H2,1-2H3/t18-/m1/s1. The van der Waals surface area contributed by atoms with E-state index in [2.05, 4.69) is 46.9 Å². The van der Waals surface area contributed by atoms with E-state index in [4.69, 9.17) is 0 Å². The number of fused-ring (bicyclic) bond motifs is 1. The zero-order valence-electron chi connectivity index (χ0n) is 18.0. The molecule has 1 aromatic carbocycles. The lowest BCUT2D eigenvalue weighted by atomic mass is 9.91. The SMILES string of the molecule is Cc1ccc(CC[C@H]2CCCN(c3ncnc4sc(CC(F)(F)F)cc34)CC2)c(C)c1. The summed E-state index contributed by atoms with van der Waals surface area (Å²) in [5.74, 6) is 1.44. The van der Waals surface area contributed by atoms with Crippen molar-refractivity contribution < 1.29 is 13.2 Å². The Hall–Kier alpha value is -2.15. The van der Waals surface area contributed by atoms with E-state index < -0.39 is 12.6 Å². The zero-order chi connectivity index (χ0) is 22.0. The summed E-state index contributed by atoms with van der Waals surface area (Å²) < 4.78 is 38.5. The highest BCUT2D eigenvalue weighted by Gasteiger charge is 2.29. The molecule has 1 aliphatic rings. The molecule has 0 N–H and O–H groups in total. The van der Waals surface area contributed by atoms with Crippen LogP contribution in [0.2, 0.25) is 0 Å². The fraction of sp³-hybridized carbons (Fsp3) is 0.500. The lowest BCUT2D eigenvalue weighted by molar-refractivity contribution is -0.126. The van der Waals surface area contributed by atoms with Crippen molar-refractivity contribution in [2.45, 2.75) is 58.5 Å². The predicted octanol–water partition coefficient (Wildman–Crippen LogP) is 6.65. The minimum absolute atomic E-state index is 0.297. The lowest BCUT2D eigenvalue weighted by Gasteiger charge is -2.22. The molecule has 0 amide bonds. The second-order valence-corrected chi connectivity index (χ2v) is 9.79. The van der Waals surface area contributed by atoms with Gasteiger partial charge in [-0.3, -0.25) is 0 Å². The number of benzene rings is 1. The van der Waals surface area contributed by atoms with Gasteiger partial charge < -0.3 is 4.90 Å². The first-order chi connectivity index (χ1) is 14.8. The number of anilines is 1. The van der Waals surface area contributed by atoms with Crippen LogP contribution in [0.15, 0.2) is 30.6 Å². The average Bonchev–Trinajstić information content (AvgIpc) is 2.94. The molecule has 0 saturated carbocycles. The van der Waals surface area contributed by atoms with Crippen LogP contribution in [-0.4, -0.2) is 29.2 Å². The first-order valence-corrected chi connectivity index (χ1v) is 11.7. The number of aryl methyl sites for hydroxylation is 3. The molecule has 1 saturated heterocycles. The maximum Gasteiger partial charge on any atom is 0.393 e. The summed E-state index contributed by atoms with van der Waals surface area (Å²) in [6.07, 6.45) is 1.96. The second-order valence-electron chi connectivity index (χ2n) is 8.67. The van der Waals surface area contributed by atoms with Gasteiger partial charge in [0.25, 0.3) is 0 Å². The second kappa shape index (κ2) is 9.15. The van der Waals surface area contributed by atoms with E-state index in [1.54, 1.807) is 6.07 Å². The molecule has 166 valence electrons. The predicted molar refractivity (Wildman–Crippen MR) is 121 cm³/mol. The Kier molecular flexibility index (Phi) is 6.51. The molecule has 1 aliphatic heterocycles. The van der Waals surface area contributed by atoms with Gasteiger partial charge in [-0.15, -0.1) is 11.3 Å². The molecule has 3 aromatic rings. The average molecular weight is 448 g/mol. The number of thiophene rings is 1. The molecule has 1 fully saturated rings. The van der Waals surface area contributed by atoms with Crippen LogP contribution in [0.25, 0.3) is 10.2 Å². The molecule has 0 bridgehead atoms. The highest BCUT2D eigenvalue weighted by Crippen LogP contribution is 2.35. The number of alkyl halides is 3. The lowest BCUT2D eigenvalue weighted by Crippen LogP contribution is -2.25. The van der Waals surface area contributed by atoms with E-state index in [0.29, 0.717) is 15.6 Å². The summed E-state index contributed by atoms with van der Waals surface area (Å²) in [7, 11) is 0. The van der Waals surface area contributed by atoms with Crippen molar-refractivity contribution in [2.24, 2.45) is 5.92 Å². The van der Waals surface area contributed by atoms with Gasteiger partial charge in [-0.25, -0.2) is 9.97 Å². The van der Waals surface area contributed by atoms with Crippen molar-refractivity contribution >= 4 is 27.4 Å². The third kappa shape index (κ3) is 5.56. The van der Waals surface area contributed by atoms with Crippen LogP contribution in [0.4, 0.5) is 19.0 Å². The maximum absolute atomic E-state index is 12.8. The van der Waals surface area contributed by atoms with Gasteiger partial charge in [-0.2, -0.15) is 13.2 Å². The molecule has 3 nitrogen and oxygen atoms in total. The van der Waals surface area contributed by atoms with Crippen LogP contribution in [0.3, 0.4) is 0 Å². The number of rotatable bonds is 5. The van der Waals surface area contributed by atoms with E-state index in [0.717, 1.165) is 54.9 Å². The van der Waals surface area contributed by atoms with Gasteiger partial charge >= 0.3 is 6.18 Å². The molecule has 3 heterocycles. The Bertz CT molecular complexity index is 1040. The smallest absolute Gasteiger partial charge is 0.356 e. The van der Waals surface area contributed by atoms with E-state index in [1.165, 1.54) is 35.9 Å². The maximum atomic E-state index is 12.8. The first-order valence-electron chi connectivity index (χ1n) is 10.9. The molecule has 1 atom stereocenters. The molecule has 2 aromatic heterocycles. The largest absolute Gasteiger partial charge is 0.393 e. The number of hydrogen-bond donors (Lipinski definition) is 0. The van der Waals surface area contributed by atoms with Gasteiger partial charge in [-0.1, -0.05) is 23.8 Å². The Morgan fingerprint density at radius 1 is 1.10 bits per heavy atom. The fourth-order valence-electron chi connectivity index (χ4n) is 4.58. The Morgan fingerprint density at radius 3 is 2.71 bits per heavy atom. The number of hydrogen-bond acceptors (Lipinski definition) is 4. The first kappa shape index (κ1) is 22.1. The highest BCUT2D eigenvalue weighted by atomic mass is 32.1. The van der Waals surface area contributed by atoms with Crippen molar-refractivity contribution in [3.05, 3.63) is 52.2 Å². The Balaban J connectivity index is 1.43. The zero-order valence-corrected chi connectivity index (χ0v) is 18.8. The van der Waals surface area contributed by atoms with Crippen LogP contribution in [0.1, 0.15) is 47.3 Å². The molecular weight excluding hydrogens is 419 g/mol. The van der Waals surface area contributed by atoms with E-state index >= 15 is 0 Å². The molecule has 0 spiro atoms. The van der Waals surface area contributed by atoms with Crippen LogP contribution in [0, 0.1) is 19.8 Å². The van der Waals surface area contributed by atoms with Gasteiger partial charge in [0.05, 0.1) is 11.8 Å². The van der Waals surface area contributed by atoms with Crippen molar-refractivity contribution in [3.63, 3.8) is 0 Å².